The second kappa shape index (κ2) is 12.6. The molecule has 2 aromatic carbocycles. The van der Waals surface area contributed by atoms with Crippen molar-refractivity contribution in [2.24, 2.45) is 11.8 Å². The quantitative estimate of drug-likeness (QED) is 0.290. The summed E-state index contributed by atoms with van der Waals surface area (Å²) >= 11 is 0.635. The Morgan fingerprint density at radius 3 is 2.46 bits per heavy atom. The van der Waals surface area contributed by atoms with Crippen molar-refractivity contribution in [2.45, 2.75) is 62.1 Å². The lowest BCUT2D eigenvalue weighted by atomic mass is 9.80. The van der Waals surface area contributed by atoms with Gasteiger partial charge < -0.3 is 10.2 Å². The van der Waals surface area contributed by atoms with Gasteiger partial charge in [-0.25, -0.2) is 9.97 Å². The molecular formula is C28H36F2N4S. The zero-order valence-electron chi connectivity index (χ0n) is 20.7. The Morgan fingerprint density at radius 1 is 0.971 bits per heavy atom. The fourth-order valence-corrected chi connectivity index (χ4v) is 5.75. The van der Waals surface area contributed by atoms with Crippen molar-refractivity contribution in [3.05, 3.63) is 59.9 Å². The second-order valence-corrected chi connectivity index (χ2v) is 10.8. The average Bonchev–Trinajstić information content (AvgIpc) is 2.85. The smallest absolute Gasteiger partial charge is 0.288 e. The summed E-state index contributed by atoms with van der Waals surface area (Å²) in [4.78, 5) is 12.4. The Kier molecular flexibility index (Phi) is 9.32. The molecule has 4 rings (SSSR count). The third-order valence-electron chi connectivity index (χ3n) is 6.97. The molecule has 0 spiro atoms. The van der Waals surface area contributed by atoms with E-state index in [-0.39, 0.29) is 0 Å². The fraction of sp³-hybridized carbons (Fsp3) is 0.500. The minimum absolute atomic E-state index is 0.635. The number of fused-ring (bicyclic) bond motifs is 1. The summed E-state index contributed by atoms with van der Waals surface area (Å²) in [5.41, 5.74) is 1.98. The molecule has 1 fully saturated rings. The van der Waals surface area contributed by atoms with Gasteiger partial charge in [0.25, 0.3) is 5.76 Å². The predicted octanol–water partition coefficient (Wildman–Crippen LogP) is 6.93. The van der Waals surface area contributed by atoms with Gasteiger partial charge in [0, 0.05) is 37.3 Å². The summed E-state index contributed by atoms with van der Waals surface area (Å²) in [5, 5.41) is 4.62. The van der Waals surface area contributed by atoms with Crippen LogP contribution in [0.15, 0.2) is 53.4 Å². The first-order valence-corrected chi connectivity index (χ1v) is 13.5. The molecule has 1 saturated carbocycles. The van der Waals surface area contributed by atoms with Crippen LogP contribution in [0.2, 0.25) is 0 Å². The molecule has 1 aromatic heterocycles. The molecule has 0 atom stereocenters. The number of anilines is 1. The van der Waals surface area contributed by atoms with E-state index in [4.69, 9.17) is 9.97 Å². The topological polar surface area (TPSA) is 41.1 Å². The number of benzene rings is 2. The van der Waals surface area contributed by atoms with E-state index in [2.05, 4.69) is 22.3 Å². The van der Waals surface area contributed by atoms with Gasteiger partial charge >= 0.3 is 0 Å². The highest BCUT2D eigenvalue weighted by atomic mass is 32.2. The molecule has 3 aromatic rings. The normalized spacial score (nSPS) is 18.3. The van der Waals surface area contributed by atoms with Gasteiger partial charge in [0.1, 0.15) is 11.6 Å². The van der Waals surface area contributed by atoms with Crippen molar-refractivity contribution in [3.8, 4) is 0 Å². The van der Waals surface area contributed by atoms with Crippen LogP contribution in [0.1, 0.15) is 49.9 Å². The SMILES string of the molecule is CN(C)c1nc(CCCC2CCC(CNCc3ccccc3SC(F)F)CC2)nc2ccccc12. The molecule has 0 amide bonds. The van der Waals surface area contributed by atoms with Gasteiger partial charge in [0.15, 0.2) is 0 Å². The molecule has 0 saturated heterocycles. The Morgan fingerprint density at radius 2 is 1.69 bits per heavy atom. The number of para-hydroxylation sites is 1. The highest BCUT2D eigenvalue weighted by Crippen LogP contribution is 2.32. The van der Waals surface area contributed by atoms with Crippen molar-refractivity contribution in [1.82, 2.24) is 15.3 Å². The van der Waals surface area contributed by atoms with Crippen LogP contribution in [0.25, 0.3) is 10.9 Å². The van der Waals surface area contributed by atoms with Crippen molar-refractivity contribution < 1.29 is 8.78 Å². The maximum atomic E-state index is 12.8. The Hall–Kier alpha value is -2.25. The monoisotopic (exact) mass is 498 g/mol. The van der Waals surface area contributed by atoms with E-state index < -0.39 is 5.76 Å². The number of nitrogens with zero attached hydrogens (tertiary/aromatic N) is 3. The second-order valence-electron chi connectivity index (χ2n) is 9.77. The van der Waals surface area contributed by atoms with Crippen LogP contribution in [0.5, 0.6) is 0 Å². The number of aromatic nitrogens is 2. The predicted molar refractivity (Wildman–Crippen MR) is 142 cm³/mol. The Labute approximate surface area is 211 Å². The number of rotatable bonds is 11. The number of hydrogen-bond donors (Lipinski definition) is 1. The summed E-state index contributed by atoms with van der Waals surface area (Å²) in [6.07, 6.45) is 8.29. The number of thioether (sulfide) groups is 1. The highest BCUT2D eigenvalue weighted by Gasteiger charge is 2.21. The van der Waals surface area contributed by atoms with E-state index in [0.29, 0.717) is 29.1 Å². The summed E-state index contributed by atoms with van der Waals surface area (Å²) in [5.74, 6) is 1.01. The van der Waals surface area contributed by atoms with Crippen LogP contribution >= 0.6 is 11.8 Å². The first-order valence-electron chi connectivity index (χ1n) is 12.7. The lowest BCUT2D eigenvalue weighted by Gasteiger charge is -2.28. The lowest BCUT2D eigenvalue weighted by molar-refractivity contribution is 0.251. The van der Waals surface area contributed by atoms with Crippen molar-refractivity contribution in [2.75, 3.05) is 25.5 Å². The summed E-state index contributed by atoms with van der Waals surface area (Å²) in [7, 11) is 4.07. The van der Waals surface area contributed by atoms with E-state index >= 15 is 0 Å². The first-order chi connectivity index (χ1) is 17.0. The average molecular weight is 499 g/mol. The minimum atomic E-state index is -2.38. The molecule has 0 bridgehead atoms. The molecule has 1 aliphatic carbocycles. The molecule has 7 heteroatoms. The minimum Gasteiger partial charge on any atom is -0.362 e. The number of halogens is 2. The van der Waals surface area contributed by atoms with E-state index in [9.17, 15) is 8.78 Å². The molecule has 1 aliphatic rings. The largest absolute Gasteiger partial charge is 0.362 e. The molecule has 0 unspecified atom stereocenters. The maximum Gasteiger partial charge on any atom is 0.288 e. The van der Waals surface area contributed by atoms with Gasteiger partial charge in [-0.2, -0.15) is 8.78 Å². The molecular weight excluding hydrogens is 462 g/mol. The highest BCUT2D eigenvalue weighted by molar-refractivity contribution is 7.99. The zero-order chi connectivity index (χ0) is 24.6. The van der Waals surface area contributed by atoms with Crippen molar-refractivity contribution in [3.63, 3.8) is 0 Å². The molecule has 0 aliphatic heterocycles. The number of aryl methyl sites for hydroxylation is 1. The van der Waals surface area contributed by atoms with Gasteiger partial charge in [-0.05, 0) is 61.4 Å². The summed E-state index contributed by atoms with van der Waals surface area (Å²) < 4.78 is 25.6. The molecule has 188 valence electrons. The maximum absolute atomic E-state index is 12.8. The van der Waals surface area contributed by atoms with Gasteiger partial charge in [-0.15, -0.1) is 0 Å². The van der Waals surface area contributed by atoms with Crippen LogP contribution in [0, 0.1) is 11.8 Å². The van der Waals surface area contributed by atoms with Crippen molar-refractivity contribution >= 4 is 28.5 Å². The van der Waals surface area contributed by atoms with Crippen LogP contribution < -0.4 is 10.2 Å². The Bertz CT molecular complexity index is 1080. The summed E-state index contributed by atoms with van der Waals surface area (Å²) in [6.45, 7) is 1.61. The molecule has 35 heavy (non-hydrogen) atoms. The lowest BCUT2D eigenvalue weighted by Crippen LogP contribution is -2.26. The van der Waals surface area contributed by atoms with Gasteiger partial charge in [-0.1, -0.05) is 61.4 Å². The van der Waals surface area contributed by atoms with Gasteiger partial charge in [0.2, 0.25) is 0 Å². The van der Waals surface area contributed by atoms with E-state index in [1.54, 1.807) is 6.07 Å². The molecule has 0 radical (unpaired) electrons. The summed E-state index contributed by atoms with van der Waals surface area (Å²) in [6, 6.07) is 15.7. The van der Waals surface area contributed by atoms with E-state index in [0.717, 1.165) is 53.4 Å². The van der Waals surface area contributed by atoms with Crippen LogP contribution in [-0.4, -0.2) is 36.4 Å². The molecule has 1 heterocycles. The molecule has 1 N–H and O–H groups in total. The number of hydrogen-bond acceptors (Lipinski definition) is 5. The fourth-order valence-electron chi connectivity index (χ4n) is 5.10. The number of nitrogens with one attached hydrogen (secondary N) is 1. The molecule has 4 nitrogen and oxygen atoms in total. The van der Waals surface area contributed by atoms with Gasteiger partial charge in [0.05, 0.1) is 5.52 Å². The Balaban J connectivity index is 1.19. The van der Waals surface area contributed by atoms with Crippen LogP contribution in [0.3, 0.4) is 0 Å². The third kappa shape index (κ3) is 7.37. The standard InChI is InChI=1S/C28H36F2N4S/c1-34(2)27-23-10-4-5-11-24(23)32-26(33-27)13-7-8-20-14-16-21(17-15-20)18-31-19-22-9-3-6-12-25(22)35-28(29)30/h3-6,9-12,20-21,28,31H,7-8,13-19H2,1-2H3. The number of alkyl halides is 2. The third-order valence-corrected chi connectivity index (χ3v) is 7.80. The van der Waals surface area contributed by atoms with Gasteiger partial charge in [-0.3, -0.25) is 0 Å². The van der Waals surface area contributed by atoms with Crippen molar-refractivity contribution in [1.29, 1.82) is 0 Å². The first kappa shape index (κ1) is 25.8. The van der Waals surface area contributed by atoms with E-state index in [1.807, 2.05) is 44.4 Å². The van der Waals surface area contributed by atoms with E-state index in [1.165, 1.54) is 32.1 Å². The van der Waals surface area contributed by atoms with Crippen LogP contribution in [-0.2, 0) is 13.0 Å². The van der Waals surface area contributed by atoms with Crippen LogP contribution in [0.4, 0.5) is 14.6 Å². The zero-order valence-corrected chi connectivity index (χ0v) is 21.5.